The van der Waals surface area contributed by atoms with E-state index < -0.39 is 27.4 Å². The predicted molar refractivity (Wildman–Crippen MR) is 169 cm³/mol. The van der Waals surface area contributed by atoms with Gasteiger partial charge in [0.05, 0.1) is 21.3 Å². The number of nitrogens with zero attached hydrogens (tertiary/aromatic N) is 4. The molecule has 1 amide bonds. The average Bonchev–Trinajstić information content (AvgIpc) is 3.02. The Balaban J connectivity index is 1.17. The molecule has 232 valence electrons. The number of nitrogens with two attached hydrogens (primary N) is 1. The highest BCUT2D eigenvalue weighted by Gasteiger charge is 2.45. The molecule has 3 heterocycles. The van der Waals surface area contributed by atoms with Gasteiger partial charge in [-0.1, -0.05) is 43.7 Å². The lowest BCUT2D eigenvalue weighted by Gasteiger charge is -2.46. The number of rotatable bonds is 12. The molecule has 2 saturated heterocycles. The number of anilines is 1. The molecule has 10 heteroatoms. The van der Waals surface area contributed by atoms with Crippen molar-refractivity contribution >= 4 is 21.6 Å². The number of likely N-dealkylation sites (tertiary alicyclic amines) is 1. The molecule has 0 saturated carbocycles. The Morgan fingerprint density at radius 2 is 1.68 bits per heavy atom. The standard InChI is InChI=1S/C34H41N5O4S/c1-2-6-30(43-33(36)40)21-34(25-35,27-7-4-3-5-8-27)28-15-19-38(20-16-28)22-26-23-39(24-26)29-9-11-31(12-10-29)44(41,42)32-13-17-37-18-14-32/h3-5,7-14,17-18,26,28,30H,2,6,15-16,19-24H2,1H3,(H2,36,40)/t30-,34?/m1/s1. The van der Waals surface area contributed by atoms with E-state index in [0.717, 1.165) is 63.2 Å². The number of nitriles is 1. The van der Waals surface area contributed by atoms with Crippen LogP contribution in [-0.4, -0.2) is 63.2 Å². The van der Waals surface area contributed by atoms with Crippen molar-refractivity contribution in [2.75, 3.05) is 37.6 Å². The van der Waals surface area contributed by atoms with Gasteiger partial charge in [-0.05, 0) is 80.2 Å². The van der Waals surface area contributed by atoms with Crippen molar-refractivity contribution in [3.63, 3.8) is 0 Å². The van der Waals surface area contributed by atoms with Gasteiger partial charge < -0.3 is 20.3 Å². The van der Waals surface area contributed by atoms with Gasteiger partial charge in [-0.2, -0.15) is 5.26 Å². The largest absolute Gasteiger partial charge is 0.446 e. The highest BCUT2D eigenvalue weighted by Crippen LogP contribution is 2.43. The Bertz CT molecular complexity index is 1530. The van der Waals surface area contributed by atoms with Gasteiger partial charge in [0.2, 0.25) is 9.84 Å². The molecule has 5 rings (SSSR count). The fourth-order valence-electron chi connectivity index (χ4n) is 6.86. The van der Waals surface area contributed by atoms with Crippen LogP contribution in [-0.2, 0) is 20.0 Å². The highest BCUT2D eigenvalue weighted by atomic mass is 32.2. The number of aromatic nitrogens is 1. The number of sulfone groups is 1. The summed E-state index contributed by atoms with van der Waals surface area (Å²) in [7, 11) is -3.56. The van der Waals surface area contributed by atoms with Gasteiger partial charge in [0.25, 0.3) is 0 Å². The number of piperidine rings is 1. The minimum absolute atomic E-state index is 0.141. The Morgan fingerprint density at radius 1 is 1.05 bits per heavy atom. The van der Waals surface area contributed by atoms with E-state index in [1.54, 1.807) is 12.1 Å². The molecule has 0 radical (unpaired) electrons. The second-order valence-electron chi connectivity index (χ2n) is 12.0. The fraction of sp³-hybridized carbons (Fsp3) is 0.441. The predicted octanol–water partition coefficient (Wildman–Crippen LogP) is 5.18. The molecule has 2 atom stereocenters. The third-order valence-electron chi connectivity index (χ3n) is 9.16. The quantitative estimate of drug-likeness (QED) is 0.295. The Labute approximate surface area is 260 Å². The smallest absolute Gasteiger partial charge is 0.404 e. The van der Waals surface area contributed by atoms with E-state index in [1.807, 2.05) is 49.4 Å². The summed E-state index contributed by atoms with van der Waals surface area (Å²) in [5.74, 6) is 0.668. The number of benzene rings is 2. The van der Waals surface area contributed by atoms with Crippen LogP contribution in [0.1, 0.15) is 44.6 Å². The average molecular weight is 616 g/mol. The number of carbonyl (C=O) groups excluding carboxylic acids is 1. The van der Waals surface area contributed by atoms with E-state index in [4.69, 9.17) is 10.5 Å². The monoisotopic (exact) mass is 615 g/mol. The summed E-state index contributed by atoms with van der Waals surface area (Å²) in [6, 6.07) is 22.8. The number of amides is 1. The number of hydrogen-bond acceptors (Lipinski definition) is 8. The van der Waals surface area contributed by atoms with E-state index >= 15 is 0 Å². The first-order valence-electron chi connectivity index (χ1n) is 15.4. The van der Waals surface area contributed by atoms with E-state index in [9.17, 15) is 18.5 Å². The first kappa shape index (κ1) is 31.5. The van der Waals surface area contributed by atoms with Crippen molar-refractivity contribution in [3.8, 4) is 6.07 Å². The van der Waals surface area contributed by atoms with Crippen molar-refractivity contribution in [1.29, 1.82) is 5.26 Å². The zero-order chi connectivity index (χ0) is 31.2. The van der Waals surface area contributed by atoms with Crippen molar-refractivity contribution in [3.05, 3.63) is 84.7 Å². The summed E-state index contributed by atoms with van der Waals surface area (Å²) >= 11 is 0. The Morgan fingerprint density at radius 3 is 2.27 bits per heavy atom. The first-order chi connectivity index (χ1) is 21.2. The zero-order valence-corrected chi connectivity index (χ0v) is 26.0. The van der Waals surface area contributed by atoms with Gasteiger partial charge in [0.15, 0.2) is 0 Å². The number of ether oxygens (including phenoxy) is 1. The molecule has 9 nitrogen and oxygen atoms in total. The molecule has 3 aromatic rings. The third kappa shape index (κ3) is 6.90. The zero-order valence-electron chi connectivity index (χ0n) is 25.2. The van der Waals surface area contributed by atoms with Crippen molar-refractivity contribution < 1.29 is 17.9 Å². The number of primary amides is 1. The molecule has 0 spiro atoms. The number of pyridine rings is 1. The number of hydrogen-bond donors (Lipinski definition) is 1. The van der Waals surface area contributed by atoms with Crippen LogP contribution in [0.3, 0.4) is 0 Å². The van der Waals surface area contributed by atoms with Gasteiger partial charge in [0, 0.05) is 50.1 Å². The summed E-state index contributed by atoms with van der Waals surface area (Å²) in [6.07, 6.45) is 5.49. The van der Waals surface area contributed by atoms with Crippen LogP contribution in [0.15, 0.2) is 88.9 Å². The van der Waals surface area contributed by atoms with E-state index in [1.165, 1.54) is 24.5 Å². The second-order valence-corrected chi connectivity index (χ2v) is 14.0. The van der Waals surface area contributed by atoms with Gasteiger partial charge in [-0.25, -0.2) is 13.2 Å². The van der Waals surface area contributed by atoms with E-state index in [-0.39, 0.29) is 15.7 Å². The van der Waals surface area contributed by atoms with E-state index in [0.29, 0.717) is 18.8 Å². The molecule has 2 N–H and O–H groups in total. The van der Waals surface area contributed by atoms with Crippen molar-refractivity contribution in [1.82, 2.24) is 9.88 Å². The molecule has 1 aromatic heterocycles. The fourth-order valence-corrected chi connectivity index (χ4v) is 8.11. The van der Waals surface area contributed by atoms with E-state index in [2.05, 4.69) is 20.9 Å². The van der Waals surface area contributed by atoms with Crippen LogP contribution in [0.4, 0.5) is 10.5 Å². The van der Waals surface area contributed by atoms with Gasteiger partial charge in [0.1, 0.15) is 6.10 Å². The maximum Gasteiger partial charge on any atom is 0.404 e. The Kier molecular flexibility index (Phi) is 9.87. The summed E-state index contributed by atoms with van der Waals surface area (Å²) in [6.45, 7) is 6.70. The van der Waals surface area contributed by atoms with Crippen LogP contribution in [0.2, 0.25) is 0 Å². The highest BCUT2D eigenvalue weighted by molar-refractivity contribution is 7.91. The maximum absolute atomic E-state index is 12.9. The SMILES string of the molecule is CCC[C@H](CC(C#N)(c1ccccc1)C1CCN(CC2CN(c3ccc(S(=O)(=O)c4ccncc4)cc3)C2)CC1)OC(N)=O. The third-order valence-corrected chi connectivity index (χ3v) is 10.9. The molecule has 2 aliphatic rings. The molecule has 2 aliphatic heterocycles. The maximum atomic E-state index is 12.9. The lowest BCUT2D eigenvalue weighted by atomic mass is 9.64. The van der Waals surface area contributed by atoms with Gasteiger partial charge in [-0.15, -0.1) is 0 Å². The molecule has 2 fully saturated rings. The molecule has 0 aliphatic carbocycles. The Hall–Kier alpha value is -3.94. The molecule has 0 bridgehead atoms. The van der Waals surface area contributed by atoms with Crippen LogP contribution >= 0.6 is 0 Å². The minimum Gasteiger partial charge on any atom is -0.446 e. The van der Waals surface area contributed by atoms with Gasteiger partial charge in [-0.3, -0.25) is 4.98 Å². The molecular weight excluding hydrogens is 574 g/mol. The normalized spacial score (nSPS) is 18.5. The first-order valence-corrected chi connectivity index (χ1v) is 16.9. The summed E-state index contributed by atoms with van der Waals surface area (Å²) < 4.78 is 31.3. The molecular formula is C34H41N5O4S. The van der Waals surface area contributed by atoms with Crippen LogP contribution in [0.25, 0.3) is 0 Å². The van der Waals surface area contributed by atoms with Gasteiger partial charge >= 0.3 is 6.09 Å². The number of carbonyl (C=O) groups is 1. The minimum atomic E-state index is -3.56. The van der Waals surface area contributed by atoms with Crippen LogP contribution in [0.5, 0.6) is 0 Å². The summed E-state index contributed by atoms with van der Waals surface area (Å²) in [5.41, 5.74) is 6.64. The van der Waals surface area contributed by atoms with Crippen molar-refractivity contribution in [2.45, 2.75) is 60.3 Å². The summed E-state index contributed by atoms with van der Waals surface area (Å²) in [5, 5.41) is 10.7. The van der Waals surface area contributed by atoms with Crippen LogP contribution in [0, 0.1) is 23.2 Å². The molecule has 44 heavy (non-hydrogen) atoms. The molecule has 2 aromatic carbocycles. The lowest BCUT2D eigenvalue weighted by Crippen LogP contribution is -2.53. The summed E-state index contributed by atoms with van der Waals surface area (Å²) in [4.78, 5) is 20.9. The lowest BCUT2D eigenvalue weighted by molar-refractivity contribution is 0.0617. The second kappa shape index (κ2) is 13.8. The van der Waals surface area contributed by atoms with Crippen LogP contribution < -0.4 is 10.6 Å². The molecule has 1 unspecified atom stereocenters. The topological polar surface area (TPSA) is 130 Å². The van der Waals surface area contributed by atoms with Crippen molar-refractivity contribution in [2.24, 2.45) is 17.6 Å².